The SMILES string of the molecule is COc1ccc(CC(=O)N2CCC[C@H](c3noc(-c4ccccc4OC)n3)C2)cc1OC. The molecule has 2 heterocycles. The third kappa shape index (κ3) is 4.54. The smallest absolute Gasteiger partial charge is 0.261 e. The van der Waals surface area contributed by atoms with Crippen LogP contribution in [0, 0.1) is 0 Å². The number of piperidine rings is 1. The average Bonchev–Trinajstić information content (AvgIpc) is 3.34. The van der Waals surface area contributed by atoms with Crippen molar-refractivity contribution in [3.63, 3.8) is 0 Å². The van der Waals surface area contributed by atoms with Crippen LogP contribution in [-0.2, 0) is 11.2 Å². The van der Waals surface area contributed by atoms with Crippen LogP contribution in [0.4, 0.5) is 0 Å². The Balaban J connectivity index is 1.45. The predicted molar refractivity (Wildman–Crippen MR) is 118 cm³/mol. The van der Waals surface area contributed by atoms with Crippen LogP contribution in [0.3, 0.4) is 0 Å². The lowest BCUT2D eigenvalue weighted by molar-refractivity contribution is -0.131. The number of aromatic nitrogens is 2. The second-order valence-electron chi connectivity index (χ2n) is 7.70. The summed E-state index contributed by atoms with van der Waals surface area (Å²) in [6.45, 7) is 1.29. The van der Waals surface area contributed by atoms with E-state index in [-0.39, 0.29) is 11.8 Å². The third-order valence-electron chi connectivity index (χ3n) is 5.72. The molecule has 168 valence electrons. The van der Waals surface area contributed by atoms with Gasteiger partial charge in [-0.2, -0.15) is 4.98 Å². The molecule has 1 amide bonds. The minimum Gasteiger partial charge on any atom is -0.496 e. The van der Waals surface area contributed by atoms with Crippen LogP contribution in [0.15, 0.2) is 47.0 Å². The highest BCUT2D eigenvalue weighted by Crippen LogP contribution is 2.32. The van der Waals surface area contributed by atoms with Gasteiger partial charge in [-0.15, -0.1) is 0 Å². The van der Waals surface area contributed by atoms with Gasteiger partial charge in [-0.05, 0) is 42.7 Å². The number of benzene rings is 2. The number of carbonyl (C=O) groups excluding carboxylic acids is 1. The molecule has 32 heavy (non-hydrogen) atoms. The summed E-state index contributed by atoms with van der Waals surface area (Å²) >= 11 is 0. The van der Waals surface area contributed by atoms with Crippen molar-refractivity contribution in [3.8, 4) is 28.7 Å². The maximum atomic E-state index is 13.0. The number of methoxy groups -OCH3 is 3. The Morgan fingerprint density at radius 2 is 1.84 bits per heavy atom. The number of hydrogen-bond acceptors (Lipinski definition) is 7. The van der Waals surface area contributed by atoms with Gasteiger partial charge in [-0.1, -0.05) is 23.4 Å². The molecule has 0 saturated carbocycles. The van der Waals surface area contributed by atoms with Crippen LogP contribution in [0.2, 0.25) is 0 Å². The molecular formula is C24H27N3O5. The molecule has 1 aliphatic rings. The summed E-state index contributed by atoms with van der Waals surface area (Å²) in [5.74, 6) is 3.08. The van der Waals surface area contributed by atoms with Gasteiger partial charge in [-0.3, -0.25) is 4.79 Å². The molecule has 0 N–H and O–H groups in total. The van der Waals surface area contributed by atoms with Gasteiger partial charge in [0.05, 0.1) is 33.3 Å². The number of amides is 1. The van der Waals surface area contributed by atoms with E-state index in [1.165, 1.54) is 0 Å². The monoisotopic (exact) mass is 437 g/mol. The fraction of sp³-hybridized carbons (Fsp3) is 0.375. The Morgan fingerprint density at radius 1 is 1.06 bits per heavy atom. The lowest BCUT2D eigenvalue weighted by Gasteiger charge is -2.31. The van der Waals surface area contributed by atoms with E-state index in [0.29, 0.717) is 41.9 Å². The zero-order chi connectivity index (χ0) is 22.5. The summed E-state index contributed by atoms with van der Waals surface area (Å²) in [6.07, 6.45) is 2.09. The summed E-state index contributed by atoms with van der Waals surface area (Å²) in [5, 5.41) is 4.20. The number of nitrogens with zero attached hydrogens (tertiary/aromatic N) is 3. The van der Waals surface area contributed by atoms with E-state index in [1.807, 2.05) is 47.4 Å². The van der Waals surface area contributed by atoms with Gasteiger partial charge in [-0.25, -0.2) is 0 Å². The number of carbonyl (C=O) groups is 1. The fourth-order valence-corrected chi connectivity index (χ4v) is 4.02. The van der Waals surface area contributed by atoms with Gasteiger partial charge in [0.1, 0.15) is 5.75 Å². The van der Waals surface area contributed by atoms with Gasteiger partial charge >= 0.3 is 0 Å². The maximum Gasteiger partial charge on any atom is 0.261 e. The molecule has 0 spiro atoms. The normalized spacial score (nSPS) is 16.0. The Hall–Kier alpha value is -3.55. The number of para-hydroxylation sites is 1. The van der Waals surface area contributed by atoms with Gasteiger partial charge in [0, 0.05) is 19.0 Å². The van der Waals surface area contributed by atoms with Gasteiger partial charge in [0.2, 0.25) is 5.91 Å². The molecule has 0 unspecified atom stereocenters. The standard InChI is InChI=1S/C24H27N3O5/c1-29-19-9-5-4-8-18(19)24-25-23(26-32-24)17-7-6-12-27(15-17)22(28)14-16-10-11-20(30-2)21(13-16)31-3/h4-5,8-11,13,17H,6-7,12,14-15H2,1-3H3/t17-/m0/s1. The summed E-state index contributed by atoms with van der Waals surface area (Å²) in [5.41, 5.74) is 1.64. The van der Waals surface area contributed by atoms with E-state index in [1.54, 1.807) is 21.3 Å². The van der Waals surface area contributed by atoms with Crippen LogP contribution in [-0.4, -0.2) is 55.4 Å². The Labute approximate surface area is 187 Å². The minimum absolute atomic E-state index is 0.0327. The molecule has 0 bridgehead atoms. The van der Waals surface area contributed by atoms with Crippen molar-refractivity contribution in [2.75, 3.05) is 34.4 Å². The Bertz CT molecular complexity index is 1080. The first-order valence-electron chi connectivity index (χ1n) is 10.6. The Kier molecular flexibility index (Phi) is 6.58. The molecule has 4 rings (SSSR count). The lowest BCUT2D eigenvalue weighted by atomic mass is 9.96. The lowest BCUT2D eigenvalue weighted by Crippen LogP contribution is -2.40. The second kappa shape index (κ2) is 9.72. The molecule has 1 aromatic heterocycles. The van der Waals surface area contributed by atoms with Crippen molar-refractivity contribution in [1.29, 1.82) is 0 Å². The summed E-state index contributed by atoms with van der Waals surface area (Å²) in [6, 6.07) is 13.1. The highest BCUT2D eigenvalue weighted by atomic mass is 16.5. The van der Waals surface area contributed by atoms with Crippen LogP contribution >= 0.6 is 0 Å². The largest absolute Gasteiger partial charge is 0.496 e. The molecule has 1 aliphatic heterocycles. The van der Waals surface area contributed by atoms with Crippen LogP contribution in [0.5, 0.6) is 17.2 Å². The number of likely N-dealkylation sites (tertiary alicyclic amines) is 1. The first-order valence-corrected chi connectivity index (χ1v) is 10.6. The Morgan fingerprint density at radius 3 is 2.62 bits per heavy atom. The van der Waals surface area contributed by atoms with E-state index < -0.39 is 0 Å². The molecule has 0 aliphatic carbocycles. The van der Waals surface area contributed by atoms with Gasteiger partial charge < -0.3 is 23.6 Å². The average molecular weight is 437 g/mol. The first kappa shape index (κ1) is 21.7. The van der Waals surface area contributed by atoms with Crippen molar-refractivity contribution in [2.24, 2.45) is 0 Å². The zero-order valence-electron chi connectivity index (χ0n) is 18.5. The molecule has 8 nitrogen and oxygen atoms in total. The fourth-order valence-electron chi connectivity index (χ4n) is 4.02. The first-order chi connectivity index (χ1) is 15.6. The van der Waals surface area contributed by atoms with Gasteiger partial charge in [0.15, 0.2) is 17.3 Å². The van der Waals surface area contributed by atoms with E-state index in [4.69, 9.17) is 18.7 Å². The summed E-state index contributed by atoms with van der Waals surface area (Å²) in [4.78, 5) is 19.5. The topological polar surface area (TPSA) is 86.9 Å². The van der Waals surface area contributed by atoms with E-state index in [2.05, 4.69) is 10.1 Å². The van der Waals surface area contributed by atoms with Crippen LogP contribution in [0.25, 0.3) is 11.5 Å². The number of hydrogen-bond donors (Lipinski definition) is 0. The van der Waals surface area contributed by atoms with Crippen LogP contribution in [0.1, 0.15) is 30.1 Å². The molecule has 1 fully saturated rings. The highest BCUT2D eigenvalue weighted by Gasteiger charge is 2.28. The van der Waals surface area contributed by atoms with Gasteiger partial charge in [0.25, 0.3) is 5.89 Å². The molecule has 1 saturated heterocycles. The van der Waals surface area contributed by atoms with Crippen molar-refractivity contribution in [1.82, 2.24) is 15.0 Å². The van der Waals surface area contributed by atoms with Crippen molar-refractivity contribution in [3.05, 3.63) is 53.9 Å². The van der Waals surface area contributed by atoms with Crippen molar-refractivity contribution < 1.29 is 23.5 Å². The van der Waals surface area contributed by atoms with Crippen molar-refractivity contribution >= 4 is 5.91 Å². The quantitative estimate of drug-likeness (QED) is 0.557. The molecule has 2 aromatic carbocycles. The van der Waals surface area contributed by atoms with E-state index in [9.17, 15) is 4.79 Å². The van der Waals surface area contributed by atoms with Crippen molar-refractivity contribution in [2.45, 2.75) is 25.2 Å². The summed E-state index contributed by atoms with van der Waals surface area (Å²) in [7, 11) is 4.79. The summed E-state index contributed by atoms with van der Waals surface area (Å²) < 4.78 is 21.5. The molecule has 3 aromatic rings. The third-order valence-corrected chi connectivity index (χ3v) is 5.72. The maximum absolute atomic E-state index is 13.0. The zero-order valence-corrected chi connectivity index (χ0v) is 18.5. The molecular weight excluding hydrogens is 410 g/mol. The molecule has 0 radical (unpaired) electrons. The number of rotatable bonds is 7. The minimum atomic E-state index is 0.0327. The highest BCUT2D eigenvalue weighted by molar-refractivity contribution is 5.79. The van der Waals surface area contributed by atoms with Crippen LogP contribution < -0.4 is 14.2 Å². The van der Waals surface area contributed by atoms with E-state index >= 15 is 0 Å². The van der Waals surface area contributed by atoms with E-state index in [0.717, 1.165) is 30.5 Å². The predicted octanol–water partition coefficient (Wildman–Crippen LogP) is 3.71. The second-order valence-corrected chi connectivity index (χ2v) is 7.70. The molecule has 8 heteroatoms. The molecule has 1 atom stereocenters. The number of ether oxygens (including phenoxy) is 3.